The van der Waals surface area contributed by atoms with Crippen molar-refractivity contribution in [1.29, 1.82) is 0 Å². The molecule has 0 saturated heterocycles. The molecule has 0 fully saturated rings. The average Bonchev–Trinajstić information content (AvgIpc) is 2.44. The quantitative estimate of drug-likeness (QED) is 0.907. The Morgan fingerprint density at radius 3 is 2.70 bits per heavy atom. The highest BCUT2D eigenvalue weighted by Crippen LogP contribution is 2.31. The molecule has 0 aliphatic rings. The highest BCUT2D eigenvalue weighted by molar-refractivity contribution is 5.72. The van der Waals surface area contributed by atoms with Gasteiger partial charge in [-0.2, -0.15) is 0 Å². The summed E-state index contributed by atoms with van der Waals surface area (Å²) in [4.78, 5) is 10.6. The van der Waals surface area contributed by atoms with Gasteiger partial charge in [-0.3, -0.25) is 4.79 Å². The fraction of sp³-hybridized carbons (Fsp3) is 0.188. The lowest BCUT2D eigenvalue weighted by Gasteiger charge is -2.11. The van der Waals surface area contributed by atoms with Crippen LogP contribution in [0.15, 0.2) is 42.5 Å². The molecule has 0 aromatic heterocycles. The molecule has 2 aromatic rings. The summed E-state index contributed by atoms with van der Waals surface area (Å²) < 4.78 is 18.6. The number of carbonyl (C=O) groups is 1. The van der Waals surface area contributed by atoms with Gasteiger partial charge in [0.15, 0.2) is 0 Å². The van der Waals surface area contributed by atoms with E-state index in [2.05, 4.69) is 0 Å². The van der Waals surface area contributed by atoms with E-state index in [1.54, 1.807) is 25.3 Å². The Labute approximate surface area is 116 Å². The molecule has 2 rings (SSSR count). The van der Waals surface area contributed by atoms with E-state index in [1.807, 2.05) is 12.1 Å². The van der Waals surface area contributed by atoms with Gasteiger partial charge in [0.1, 0.15) is 11.6 Å². The third kappa shape index (κ3) is 3.35. The normalized spacial score (nSPS) is 10.3. The van der Waals surface area contributed by atoms with Crippen LogP contribution in [0.3, 0.4) is 0 Å². The average molecular weight is 274 g/mol. The smallest absolute Gasteiger partial charge is 0.303 e. The minimum atomic E-state index is -0.840. The number of rotatable bonds is 5. The minimum Gasteiger partial charge on any atom is -0.496 e. The number of ether oxygens (including phenoxy) is 1. The molecule has 0 spiro atoms. The maximum Gasteiger partial charge on any atom is 0.303 e. The number of carboxylic acid groups (broad SMARTS) is 1. The molecule has 0 bridgehead atoms. The van der Waals surface area contributed by atoms with Crippen LogP contribution in [0.2, 0.25) is 0 Å². The molecular formula is C16H15FO3. The van der Waals surface area contributed by atoms with Crippen molar-refractivity contribution in [2.24, 2.45) is 0 Å². The van der Waals surface area contributed by atoms with Crippen LogP contribution in [-0.2, 0) is 11.2 Å². The first-order chi connectivity index (χ1) is 9.60. The van der Waals surface area contributed by atoms with E-state index in [4.69, 9.17) is 9.84 Å². The molecule has 104 valence electrons. The van der Waals surface area contributed by atoms with Crippen molar-refractivity contribution in [2.75, 3.05) is 7.11 Å². The van der Waals surface area contributed by atoms with E-state index in [1.165, 1.54) is 12.1 Å². The topological polar surface area (TPSA) is 46.5 Å². The van der Waals surface area contributed by atoms with E-state index in [-0.39, 0.29) is 12.2 Å². The Hall–Kier alpha value is -2.36. The fourth-order valence-corrected chi connectivity index (χ4v) is 2.04. The van der Waals surface area contributed by atoms with Crippen molar-refractivity contribution < 1.29 is 19.0 Å². The molecule has 0 aliphatic heterocycles. The summed E-state index contributed by atoms with van der Waals surface area (Å²) in [6.07, 6.45) is 0.497. The second-order valence-electron chi connectivity index (χ2n) is 4.44. The zero-order chi connectivity index (χ0) is 14.5. The van der Waals surface area contributed by atoms with Crippen LogP contribution >= 0.6 is 0 Å². The summed E-state index contributed by atoms with van der Waals surface area (Å²) in [6.45, 7) is 0. The minimum absolute atomic E-state index is 0.0644. The van der Waals surface area contributed by atoms with E-state index >= 15 is 0 Å². The molecule has 3 nitrogen and oxygen atoms in total. The molecule has 4 heteroatoms. The zero-order valence-corrected chi connectivity index (χ0v) is 11.1. The fourth-order valence-electron chi connectivity index (χ4n) is 2.04. The first-order valence-electron chi connectivity index (χ1n) is 6.25. The van der Waals surface area contributed by atoms with Gasteiger partial charge >= 0.3 is 5.97 Å². The van der Waals surface area contributed by atoms with Gasteiger partial charge < -0.3 is 9.84 Å². The Morgan fingerprint density at radius 1 is 1.25 bits per heavy atom. The van der Waals surface area contributed by atoms with Gasteiger partial charge in [0.05, 0.1) is 7.11 Å². The van der Waals surface area contributed by atoms with E-state index in [0.29, 0.717) is 17.7 Å². The molecule has 0 atom stereocenters. The van der Waals surface area contributed by atoms with Gasteiger partial charge in [-0.05, 0) is 41.8 Å². The number of benzene rings is 2. The van der Waals surface area contributed by atoms with E-state index in [0.717, 1.165) is 11.1 Å². The van der Waals surface area contributed by atoms with Gasteiger partial charge in [-0.25, -0.2) is 4.39 Å². The lowest BCUT2D eigenvalue weighted by molar-refractivity contribution is -0.136. The Bertz CT molecular complexity index is 623. The van der Waals surface area contributed by atoms with Gasteiger partial charge in [-0.1, -0.05) is 18.2 Å². The van der Waals surface area contributed by atoms with Gasteiger partial charge in [-0.15, -0.1) is 0 Å². The summed E-state index contributed by atoms with van der Waals surface area (Å²) in [7, 11) is 1.55. The lowest BCUT2D eigenvalue weighted by atomic mass is 9.99. The summed E-state index contributed by atoms with van der Waals surface area (Å²) in [5.41, 5.74) is 2.35. The van der Waals surface area contributed by atoms with E-state index in [9.17, 15) is 9.18 Å². The number of methoxy groups -OCH3 is 1. The van der Waals surface area contributed by atoms with Crippen LogP contribution in [-0.4, -0.2) is 18.2 Å². The number of hydrogen-bond donors (Lipinski definition) is 1. The number of hydrogen-bond acceptors (Lipinski definition) is 2. The van der Waals surface area contributed by atoms with Crippen LogP contribution in [0, 0.1) is 5.82 Å². The molecule has 1 N–H and O–H groups in total. The van der Waals surface area contributed by atoms with E-state index < -0.39 is 5.97 Å². The number of aryl methyl sites for hydroxylation is 1. The second kappa shape index (κ2) is 6.19. The highest BCUT2D eigenvalue weighted by atomic mass is 19.1. The molecule has 2 aromatic carbocycles. The number of halogens is 1. The maximum absolute atomic E-state index is 13.3. The molecule has 0 amide bonds. The van der Waals surface area contributed by atoms with Crippen LogP contribution in [0.5, 0.6) is 5.75 Å². The molecule has 20 heavy (non-hydrogen) atoms. The third-order valence-corrected chi connectivity index (χ3v) is 3.03. The molecule has 0 heterocycles. The largest absolute Gasteiger partial charge is 0.496 e. The Kier molecular flexibility index (Phi) is 4.35. The summed E-state index contributed by atoms with van der Waals surface area (Å²) in [5.74, 6) is -0.525. The maximum atomic E-state index is 13.3. The van der Waals surface area contributed by atoms with Crippen LogP contribution in [0.1, 0.15) is 12.0 Å². The predicted molar refractivity (Wildman–Crippen MR) is 74.3 cm³/mol. The van der Waals surface area contributed by atoms with Crippen LogP contribution < -0.4 is 4.74 Å². The van der Waals surface area contributed by atoms with Crippen molar-refractivity contribution in [3.05, 3.63) is 53.8 Å². The van der Waals surface area contributed by atoms with Crippen molar-refractivity contribution in [2.45, 2.75) is 12.8 Å². The van der Waals surface area contributed by atoms with Crippen molar-refractivity contribution in [3.8, 4) is 16.9 Å². The van der Waals surface area contributed by atoms with Gasteiger partial charge in [0.25, 0.3) is 0 Å². The summed E-state index contributed by atoms with van der Waals surface area (Å²) >= 11 is 0. The zero-order valence-electron chi connectivity index (χ0n) is 11.1. The monoisotopic (exact) mass is 274 g/mol. The van der Waals surface area contributed by atoms with Gasteiger partial charge in [0.2, 0.25) is 0 Å². The summed E-state index contributed by atoms with van der Waals surface area (Å²) in [6, 6.07) is 11.7. The van der Waals surface area contributed by atoms with Crippen molar-refractivity contribution in [1.82, 2.24) is 0 Å². The Morgan fingerprint density at radius 2 is 2.05 bits per heavy atom. The molecular weight excluding hydrogens is 259 g/mol. The molecule has 0 aliphatic carbocycles. The standard InChI is InChI=1S/C16H15FO3/c1-20-15-7-5-11(6-8-16(18)19)9-14(15)12-3-2-4-13(17)10-12/h2-5,7,9-10H,6,8H2,1H3,(H,18,19). The molecule has 0 radical (unpaired) electrons. The second-order valence-corrected chi connectivity index (χ2v) is 4.44. The first-order valence-corrected chi connectivity index (χ1v) is 6.25. The van der Waals surface area contributed by atoms with Crippen LogP contribution in [0.25, 0.3) is 11.1 Å². The van der Waals surface area contributed by atoms with Crippen molar-refractivity contribution in [3.63, 3.8) is 0 Å². The highest BCUT2D eigenvalue weighted by Gasteiger charge is 2.09. The predicted octanol–water partition coefficient (Wildman–Crippen LogP) is 3.52. The SMILES string of the molecule is COc1ccc(CCC(=O)O)cc1-c1cccc(F)c1. The van der Waals surface area contributed by atoms with Crippen molar-refractivity contribution >= 4 is 5.97 Å². The first kappa shape index (κ1) is 14.1. The van der Waals surface area contributed by atoms with Gasteiger partial charge in [0, 0.05) is 12.0 Å². The lowest BCUT2D eigenvalue weighted by Crippen LogP contribution is -1.98. The molecule has 0 unspecified atom stereocenters. The Balaban J connectivity index is 2.38. The van der Waals surface area contributed by atoms with Crippen LogP contribution in [0.4, 0.5) is 4.39 Å². The number of aliphatic carboxylic acids is 1. The molecule has 0 saturated carbocycles. The summed E-state index contributed by atoms with van der Waals surface area (Å²) in [5, 5.41) is 8.72. The third-order valence-electron chi connectivity index (χ3n) is 3.03. The number of carboxylic acids is 1.